The minimum absolute atomic E-state index is 0.116. The van der Waals surface area contributed by atoms with Crippen LogP contribution in [0.15, 0.2) is 6.20 Å². The van der Waals surface area contributed by atoms with Gasteiger partial charge in [0, 0.05) is 51.0 Å². The fourth-order valence-corrected chi connectivity index (χ4v) is 9.77. The number of aliphatic hydroxyl groups excluding tert-OH is 3. The molecule has 3 saturated heterocycles. The molecule has 0 bridgehead atoms. The van der Waals surface area contributed by atoms with Crippen molar-refractivity contribution in [3.05, 3.63) is 11.9 Å². The molecule has 1 aromatic heterocycles. The molecule has 3 fully saturated rings. The van der Waals surface area contributed by atoms with E-state index in [1.807, 2.05) is 46.0 Å². The van der Waals surface area contributed by atoms with E-state index in [9.17, 15) is 30.3 Å². The number of aromatic nitrogens is 3. The number of esters is 1. The maximum Gasteiger partial charge on any atom is 0.311 e. The van der Waals surface area contributed by atoms with Crippen LogP contribution in [0.25, 0.3) is 0 Å². The minimum atomic E-state index is -1.82. The molecule has 59 heavy (non-hydrogen) atoms. The maximum absolute atomic E-state index is 14.4. The lowest BCUT2D eigenvalue weighted by Crippen LogP contribution is -2.61. The second kappa shape index (κ2) is 20.4. The highest BCUT2D eigenvalue weighted by Crippen LogP contribution is 2.40. The van der Waals surface area contributed by atoms with E-state index in [4.69, 9.17) is 28.4 Å². The van der Waals surface area contributed by atoms with Crippen LogP contribution in [-0.4, -0.2) is 181 Å². The molecule has 1 unspecified atom stereocenters. The number of likely N-dealkylation sites (N-methyl/N-ethyl adjacent to an activating group) is 2. The number of carbonyl (C=O) groups excluding carboxylic acids is 1. The predicted molar refractivity (Wildman–Crippen MR) is 222 cm³/mol. The van der Waals surface area contributed by atoms with Gasteiger partial charge >= 0.3 is 5.97 Å². The Morgan fingerprint density at radius 3 is 2.27 bits per heavy atom. The summed E-state index contributed by atoms with van der Waals surface area (Å²) in [4.78, 5) is 18.3. The first kappa shape index (κ1) is 50.2. The molecule has 4 rings (SSSR count). The van der Waals surface area contributed by atoms with E-state index in [2.05, 4.69) is 24.6 Å². The number of nitrogens with zero attached hydrogens (tertiary/aromatic N) is 5. The van der Waals surface area contributed by atoms with Crippen LogP contribution < -0.4 is 0 Å². The molecule has 5 N–H and O–H groups in total. The lowest BCUT2D eigenvalue weighted by molar-refractivity contribution is -0.318. The Hall–Kier alpha value is -1.44. The zero-order valence-corrected chi connectivity index (χ0v) is 38.7. The number of carbonyl (C=O) groups is 1. The molecule has 4 heterocycles. The van der Waals surface area contributed by atoms with Gasteiger partial charge in [0.15, 0.2) is 12.6 Å². The molecule has 0 aromatic carbocycles. The van der Waals surface area contributed by atoms with Gasteiger partial charge in [-0.15, -0.1) is 5.10 Å². The summed E-state index contributed by atoms with van der Waals surface area (Å²) in [5.41, 5.74) is -3.65. The quantitative estimate of drug-likeness (QED) is 0.168. The molecular formula is C41H76N5O12P. The first-order valence-electron chi connectivity index (χ1n) is 21.3. The molecule has 3 aliphatic heterocycles. The first-order chi connectivity index (χ1) is 27.4. The number of rotatable bonds is 10. The third-order valence-electron chi connectivity index (χ3n) is 13.4. The molecule has 17 nitrogen and oxygen atoms in total. The number of hydrogen-bond acceptors (Lipinski definition) is 16. The van der Waals surface area contributed by atoms with E-state index in [1.54, 1.807) is 46.0 Å². The van der Waals surface area contributed by atoms with Gasteiger partial charge in [0.25, 0.3) is 0 Å². The van der Waals surface area contributed by atoms with Crippen LogP contribution in [0, 0.1) is 17.8 Å². The van der Waals surface area contributed by atoms with Gasteiger partial charge in [-0.25, -0.2) is 4.45 Å². The average Bonchev–Trinajstić information content (AvgIpc) is 3.59. The van der Waals surface area contributed by atoms with E-state index in [0.717, 1.165) is 5.69 Å². The molecule has 3 aliphatic rings. The second-order valence-corrected chi connectivity index (χ2v) is 19.2. The van der Waals surface area contributed by atoms with E-state index < -0.39 is 96.0 Å². The molecule has 0 saturated carbocycles. The normalized spacial score (nSPS) is 45.2. The van der Waals surface area contributed by atoms with Gasteiger partial charge in [0.05, 0.1) is 53.4 Å². The molecular weight excluding hydrogens is 785 g/mol. The Bertz CT molecular complexity index is 1490. The van der Waals surface area contributed by atoms with Crippen molar-refractivity contribution in [2.45, 2.75) is 192 Å². The van der Waals surface area contributed by atoms with Crippen LogP contribution in [0.5, 0.6) is 0 Å². The van der Waals surface area contributed by atoms with Crippen molar-refractivity contribution in [3.63, 3.8) is 0 Å². The summed E-state index contributed by atoms with van der Waals surface area (Å²) in [5, 5.41) is 67.2. The number of hydrogen-bond donors (Lipinski definition) is 5. The van der Waals surface area contributed by atoms with E-state index in [0.29, 0.717) is 25.9 Å². The van der Waals surface area contributed by atoms with Gasteiger partial charge in [-0.3, -0.25) is 4.79 Å². The zero-order chi connectivity index (χ0) is 44.4. The van der Waals surface area contributed by atoms with E-state index >= 15 is 0 Å². The molecule has 342 valence electrons. The molecule has 19 atom stereocenters. The highest BCUT2D eigenvalue weighted by atomic mass is 31.0. The van der Waals surface area contributed by atoms with Crippen molar-refractivity contribution >= 4 is 15.4 Å². The largest absolute Gasteiger partial charge is 0.459 e. The SMILES string of the molecule is CC[C@H]1OC(=O)[C@H](C)[C@@H](O[C@H]2C[C@@](C)(OC)[C@@H](O)[C@H](C)O2)[C@H](C)[C@@H](O[C@@H]2O[C@H](C)C[C@H](N(C)CCc3cn(P)nn3)[C@H]2O)[C@](C)(O)C[C@@H](C)CN(C)[C@H](C)[C@@H](O)[C@]1(C)O. The fourth-order valence-electron chi connectivity index (χ4n) is 9.55. The number of aliphatic hydroxyl groups is 5. The van der Waals surface area contributed by atoms with Crippen LogP contribution in [-0.2, 0) is 39.6 Å². The fraction of sp³-hybridized carbons (Fsp3) is 0.927. The topological polar surface area (TPSA) is 211 Å². The summed E-state index contributed by atoms with van der Waals surface area (Å²) in [6.45, 7) is 18.6. The third-order valence-corrected chi connectivity index (χ3v) is 13.6. The van der Waals surface area contributed by atoms with Crippen molar-refractivity contribution in [2.75, 3.05) is 34.3 Å². The number of methoxy groups -OCH3 is 1. The minimum Gasteiger partial charge on any atom is -0.459 e. The standard InChI is InChI=1S/C41H76N5O12P/c1-14-30-41(10,52)34(48)26(6)45(12)20-22(2)18-39(8,51)36(58-38-32(47)29(17-23(3)54-38)44(11)16-15-28-21-46(59)43-42-28)24(4)33(25(5)37(50)56-30)57-31-19-40(9,53-13)35(49)27(7)55-31/h21-27,29-36,38,47-49,51-52H,14-20,59H2,1-13H3/t22-,23-,24+,25-,26-,27+,29+,30-,31+,32-,33+,34-,35+,36-,38+,39-,40-,41-/m1/s1. The molecule has 0 spiro atoms. The first-order valence-corrected chi connectivity index (χ1v) is 21.8. The summed E-state index contributed by atoms with van der Waals surface area (Å²) in [7, 11) is 7.74. The van der Waals surface area contributed by atoms with Gasteiger partial charge in [-0.1, -0.05) is 26.0 Å². The summed E-state index contributed by atoms with van der Waals surface area (Å²) >= 11 is 0. The van der Waals surface area contributed by atoms with Crippen molar-refractivity contribution in [3.8, 4) is 0 Å². The van der Waals surface area contributed by atoms with E-state index in [-0.39, 0.29) is 37.3 Å². The van der Waals surface area contributed by atoms with Gasteiger partial charge in [-0.05, 0) is 97.1 Å². The number of ether oxygens (including phenoxy) is 6. The summed E-state index contributed by atoms with van der Waals surface area (Å²) in [6.07, 6.45) is -6.27. The average molecular weight is 862 g/mol. The smallest absolute Gasteiger partial charge is 0.311 e. The van der Waals surface area contributed by atoms with Crippen LogP contribution >= 0.6 is 9.39 Å². The maximum atomic E-state index is 14.4. The van der Waals surface area contributed by atoms with Crippen LogP contribution in [0.3, 0.4) is 0 Å². The molecule has 1 aromatic rings. The van der Waals surface area contributed by atoms with Crippen molar-refractivity contribution in [1.82, 2.24) is 24.6 Å². The van der Waals surface area contributed by atoms with Gasteiger partial charge in [-0.2, -0.15) is 0 Å². The lowest BCUT2D eigenvalue weighted by atomic mass is 9.77. The van der Waals surface area contributed by atoms with Gasteiger partial charge in [0.1, 0.15) is 30.0 Å². The molecule has 0 amide bonds. The summed E-state index contributed by atoms with van der Waals surface area (Å²) in [5.74, 6) is -2.69. The summed E-state index contributed by atoms with van der Waals surface area (Å²) in [6, 6.07) is -0.924. The Balaban J connectivity index is 1.77. The van der Waals surface area contributed by atoms with Gasteiger partial charge < -0.3 is 63.8 Å². The third kappa shape index (κ3) is 11.8. The highest BCUT2D eigenvalue weighted by Gasteiger charge is 2.52. The molecule has 0 radical (unpaired) electrons. The van der Waals surface area contributed by atoms with Crippen molar-refractivity contribution in [2.24, 2.45) is 17.8 Å². The number of cyclic esters (lactones) is 1. The molecule has 18 heteroatoms. The Kier molecular flexibility index (Phi) is 17.3. The highest BCUT2D eigenvalue weighted by molar-refractivity contribution is 7.14. The van der Waals surface area contributed by atoms with Crippen LogP contribution in [0.1, 0.15) is 101 Å². The lowest BCUT2D eigenvalue weighted by Gasteiger charge is -2.49. The molecule has 0 aliphatic carbocycles. The zero-order valence-electron chi connectivity index (χ0n) is 37.6. The Labute approximate surface area is 353 Å². The van der Waals surface area contributed by atoms with Crippen molar-refractivity contribution < 1.29 is 58.7 Å². The summed E-state index contributed by atoms with van der Waals surface area (Å²) < 4.78 is 39.6. The van der Waals surface area contributed by atoms with Gasteiger partial charge in [0.2, 0.25) is 0 Å². The Morgan fingerprint density at radius 1 is 1.02 bits per heavy atom. The van der Waals surface area contributed by atoms with Crippen molar-refractivity contribution in [1.29, 1.82) is 0 Å². The van der Waals surface area contributed by atoms with Crippen LogP contribution in [0.4, 0.5) is 0 Å². The van der Waals surface area contributed by atoms with Crippen LogP contribution in [0.2, 0.25) is 0 Å². The predicted octanol–water partition coefficient (Wildman–Crippen LogP) is 1.74. The Morgan fingerprint density at radius 2 is 1.68 bits per heavy atom. The monoisotopic (exact) mass is 862 g/mol. The second-order valence-electron chi connectivity index (χ2n) is 18.6. The van der Waals surface area contributed by atoms with E-state index in [1.165, 1.54) is 14.0 Å².